The monoisotopic (exact) mass is 450 g/mol. The molecule has 0 atom stereocenters. The van der Waals surface area contributed by atoms with E-state index in [9.17, 15) is 18.0 Å². The third kappa shape index (κ3) is 5.89. The van der Waals surface area contributed by atoms with Crippen molar-refractivity contribution in [2.75, 3.05) is 7.05 Å². The molecule has 0 fully saturated rings. The summed E-state index contributed by atoms with van der Waals surface area (Å²) < 4.78 is 40.7. The molecule has 0 aliphatic carbocycles. The summed E-state index contributed by atoms with van der Waals surface area (Å²) in [6, 6.07) is 13.5. The number of benzene rings is 2. The van der Waals surface area contributed by atoms with Gasteiger partial charge in [-0.25, -0.2) is 0 Å². The Kier molecular flexibility index (Phi) is 6.77. The third-order valence-corrected chi connectivity index (χ3v) is 5.27. The first-order chi connectivity index (χ1) is 14.5. The first-order valence-corrected chi connectivity index (χ1v) is 9.93. The summed E-state index contributed by atoms with van der Waals surface area (Å²) in [5.41, 5.74) is 4.45. The summed E-state index contributed by atoms with van der Waals surface area (Å²) in [4.78, 5) is 17.7. The van der Waals surface area contributed by atoms with Crippen molar-refractivity contribution in [2.24, 2.45) is 0 Å². The normalized spacial score (nSPS) is 11.7. The number of halogens is 4. The summed E-state index contributed by atoms with van der Waals surface area (Å²) in [6.07, 6.45) is -4.70. The van der Waals surface area contributed by atoms with Crippen LogP contribution in [0.5, 0.6) is 5.75 Å². The SMILES string of the molecule is Cc1[nH]c(C)c(-c2ccc(CN(C)Cc3ccc(OC(F)(F)F)cc3)cc2)c(=O)c1Cl. The van der Waals surface area contributed by atoms with Gasteiger partial charge in [-0.15, -0.1) is 13.2 Å². The minimum Gasteiger partial charge on any atom is -0.406 e. The van der Waals surface area contributed by atoms with Crippen molar-refractivity contribution < 1.29 is 17.9 Å². The van der Waals surface area contributed by atoms with Gasteiger partial charge in [0.1, 0.15) is 10.8 Å². The van der Waals surface area contributed by atoms with E-state index in [2.05, 4.69) is 9.72 Å². The summed E-state index contributed by atoms with van der Waals surface area (Å²) in [6.45, 7) is 4.79. The highest BCUT2D eigenvalue weighted by atomic mass is 35.5. The maximum absolute atomic E-state index is 12.5. The van der Waals surface area contributed by atoms with Crippen LogP contribution in [0.4, 0.5) is 13.2 Å². The van der Waals surface area contributed by atoms with E-state index in [1.165, 1.54) is 12.1 Å². The molecule has 1 aromatic heterocycles. The minimum atomic E-state index is -4.70. The minimum absolute atomic E-state index is 0.191. The average molecular weight is 451 g/mol. The van der Waals surface area contributed by atoms with Crippen molar-refractivity contribution in [1.82, 2.24) is 9.88 Å². The number of hydrogen-bond donors (Lipinski definition) is 1. The molecule has 0 bridgehead atoms. The second-order valence-corrected chi connectivity index (χ2v) is 7.83. The summed E-state index contributed by atoms with van der Waals surface area (Å²) in [5, 5.41) is 0.191. The largest absolute Gasteiger partial charge is 0.573 e. The molecule has 0 radical (unpaired) electrons. The molecule has 0 amide bonds. The molecule has 1 N–H and O–H groups in total. The standard InChI is InChI=1S/C23H22ClF3N2O2/c1-14-20(22(30)21(24)15(2)28-14)18-8-4-16(5-9-18)12-29(3)13-17-6-10-19(11-7-17)31-23(25,26)27/h4-11H,12-13H2,1-3H3,(H,28,30). The number of nitrogens with zero attached hydrogens (tertiary/aromatic N) is 1. The molecule has 0 unspecified atom stereocenters. The fourth-order valence-electron chi connectivity index (χ4n) is 3.45. The maximum Gasteiger partial charge on any atom is 0.573 e. The summed E-state index contributed by atoms with van der Waals surface area (Å²) in [5.74, 6) is -0.240. The molecular weight excluding hydrogens is 429 g/mol. The lowest BCUT2D eigenvalue weighted by molar-refractivity contribution is -0.274. The van der Waals surface area contributed by atoms with Crippen LogP contribution in [-0.4, -0.2) is 23.3 Å². The molecule has 3 rings (SSSR count). The lowest BCUT2D eigenvalue weighted by Gasteiger charge is -2.18. The Labute approximate surface area is 183 Å². The number of ether oxygens (including phenoxy) is 1. The number of hydrogen-bond acceptors (Lipinski definition) is 3. The van der Waals surface area contributed by atoms with Crippen molar-refractivity contribution in [1.29, 1.82) is 0 Å². The van der Waals surface area contributed by atoms with Gasteiger partial charge >= 0.3 is 6.36 Å². The zero-order valence-electron chi connectivity index (χ0n) is 17.3. The first-order valence-electron chi connectivity index (χ1n) is 9.55. The van der Waals surface area contributed by atoms with E-state index >= 15 is 0 Å². The maximum atomic E-state index is 12.5. The third-order valence-electron chi connectivity index (χ3n) is 4.81. The Hall–Kier alpha value is -2.77. The van der Waals surface area contributed by atoms with Gasteiger partial charge in [0.05, 0.1) is 0 Å². The van der Waals surface area contributed by atoms with E-state index in [0.29, 0.717) is 24.3 Å². The number of H-pyrrole nitrogens is 1. The Balaban J connectivity index is 1.66. The van der Waals surface area contributed by atoms with Crippen LogP contribution in [0.15, 0.2) is 53.3 Å². The van der Waals surface area contributed by atoms with Gasteiger partial charge in [-0.3, -0.25) is 9.69 Å². The van der Waals surface area contributed by atoms with Crippen LogP contribution in [0.25, 0.3) is 11.1 Å². The molecule has 8 heteroatoms. The molecule has 0 saturated heterocycles. The molecule has 0 spiro atoms. The first kappa shape index (κ1) is 22.9. The van der Waals surface area contributed by atoms with Crippen LogP contribution < -0.4 is 10.2 Å². The summed E-state index contributed by atoms with van der Waals surface area (Å²) in [7, 11) is 1.92. The van der Waals surface area contributed by atoms with E-state index in [-0.39, 0.29) is 16.2 Å². The van der Waals surface area contributed by atoms with Gasteiger partial charge in [0.15, 0.2) is 0 Å². The quantitative estimate of drug-likeness (QED) is 0.513. The van der Waals surface area contributed by atoms with Gasteiger partial charge in [-0.2, -0.15) is 0 Å². The van der Waals surface area contributed by atoms with Crippen LogP contribution in [0, 0.1) is 13.8 Å². The summed E-state index contributed by atoms with van der Waals surface area (Å²) >= 11 is 6.11. The van der Waals surface area contributed by atoms with Gasteiger partial charge in [0, 0.05) is 30.0 Å². The molecule has 1 heterocycles. The molecule has 164 valence electrons. The average Bonchev–Trinajstić information content (AvgIpc) is 2.68. The highest BCUT2D eigenvalue weighted by molar-refractivity contribution is 6.31. The smallest absolute Gasteiger partial charge is 0.406 e. The van der Waals surface area contributed by atoms with Crippen LogP contribution in [0.2, 0.25) is 5.02 Å². The number of nitrogens with one attached hydrogen (secondary N) is 1. The van der Waals surface area contributed by atoms with E-state index in [0.717, 1.165) is 22.4 Å². The number of aryl methyl sites for hydroxylation is 2. The van der Waals surface area contributed by atoms with Gasteiger partial charge in [0.25, 0.3) is 0 Å². The lowest BCUT2D eigenvalue weighted by Crippen LogP contribution is -2.18. The van der Waals surface area contributed by atoms with Gasteiger partial charge in [-0.05, 0) is 49.7 Å². The molecule has 31 heavy (non-hydrogen) atoms. The molecule has 0 aliphatic rings. The number of pyridine rings is 1. The van der Waals surface area contributed by atoms with E-state index in [1.807, 2.05) is 43.1 Å². The van der Waals surface area contributed by atoms with Gasteiger partial charge in [-0.1, -0.05) is 48.0 Å². The topological polar surface area (TPSA) is 45.3 Å². The van der Waals surface area contributed by atoms with Crippen molar-refractivity contribution in [3.63, 3.8) is 0 Å². The van der Waals surface area contributed by atoms with Crippen LogP contribution >= 0.6 is 11.6 Å². The van der Waals surface area contributed by atoms with E-state index < -0.39 is 6.36 Å². The predicted octanol–water partition coefficient (Wildman–Crippen LogP) is 5.84. The Morgan fingerprint density at radius 2 is 1.45 bits per heavy atom. The van der Waals surface area contributed by atoms with E-state index in [1.54, 1.807) is 19.1 Å². The highest BCUT2D eigenvalue weighted by Crippen LogP contribution is 2.24. The number of aromatic amines is 1. The van der Waals surface area contributed by atoms with Crippen molar-refractivity contribution in [2.45, 2.75) is 33.3 Å². The lowest BCUT2D eigenvalue weighted by atomic mass is 10.0. The van der Waals surface area contributed by atoms with Crippen LogP contribution in [0.1, 0.15) is 22.5 Å². The zero-order chi connectivity index (χ0) is 22.8. The molecular formula is C23H22ClF3N2O2. The fourth-order valence-corrected chi connectivity index (χ4v) is 3.59. The molecule has 0 saturated carbocycles. The zero-order valence-corrected chi connectivity index (χ0v) is 18.1. The number of rotatable bonds is 6. The van der Waals surface area contributed by atoms with Crippen molar-refractivity contribution in [3.05, 3.63) is 86.3 Å². The van der Waals surface area contributed by atoms with Gasteiger partial charge < -0.3 is 9.72 Å². The second kappa shape index (κ2) is 9.16. The van der Waals surface area contributed by atoms with E-state index in [4.69, 9.17) is 11.6 Å². The van der Waals surface area contributed by atoms with Crippen LogP contribution in [0.3, 0.4) is 0 Å². The predicted molar refractivity (Wildman–Crippen MR) is 115 cm³/mol. The molecule has 2 aromatic carbocycles. The molecule has 4 nitrogen and oxygen atoms in total. The van der Waals surface area contributed by atoms with Crippen LogP contribution in [-0.2, 0) is 13.1 Å². The Morgan fingerprint density at radius 3 is 1.97 bits per heavy atom. The van der Waals surface area contributed by atoms with Crippen molar-refractivity contribution in [3.8, 4) is 16.9 Å². The number of alkyl halides is 3. The number of aromatic nitrogens is 1. The molecule has 0 aliphatic heterocycles. The Bertz CT molecular complexity index is 1110. The second-order valence-electron chi connectivity index (χ2n) is 7.45. The highest BCUT2D eigenvalue weighted by Gasteiger charge is 2.30. The molecule has 3 aromatic rings. The van der Waals surface area contributed by atoms with Gasteiger partial charge in [0.2, 0.25) is 5.43 Å². The van der Waals surface area contributed by atoms with Crippen molar-refractivity contribution >= 4 is 11.6 Å². The Morgan fingerprint density at radius 1 is 0.935 bits per heavy atom. The fraction of sp³-hybridized carbons (Fsp3) is 0.261.